The van der Waals surface area contributed by atoms with Crippen molar-refractivity contribution in [2.75, 3.05) is 19.0 Å². The molecule has 0 aromatic heterocycles. The molecule has 0 N–H and O–H groups in total. The lowest BCUT2D eigenvalue weighted by molar-refractivity contribution is 0.112. The van der Waals surface area contributed by atoms with Crippen LogP contribution in [0.15, 0.2) is 42.5 Å². The lowest BCUT2D eigenvalue weighted by Gasteiger charge is -2.13. The zero-order valence-electron chi connectivity index (χ0n) is 11.0. The Balaban J connectivity index is 2.39. The van der Waals surface area contributed by atoms with Gasteiger partial charge in [-0.15, -0.1) is 0 Å². The van der Waals surface area contributed by atoms with Crippen LogP contribution in [0.4, 0.5) is 5.69 Å². The van der Waals surface area contributed by atoms with Gasteiger partial charge in [-0.05, 0) is 41.8 Å². The molecule has 0 aliphatic carbocycles. The molecule has 2 aromatic carbocycles. The Labute approximate surface area is 108 Å². The second-order valence-electron chi connectivity index (χ2n) is 4.63. The highest BCUT2D eigenvalue weighted by Crippen LogP contribution is 2.25. The second-order valence-corrected chi connectivity index (χ2v) is 4.63. The van der Waals surface area contributed by atoms with E-state index in [1.54, 1.807) is 0 Å². The number of anilines is 1. The van der Waals surface area contributed by atoms with Crippen LogP contribution in [0.3, 0.4) is 0 Å². The Hall–Kier alpha value is -2.09. The van der Waals surface area contributed by atoms with E-state index in [2.05, 4.69) is 29.2 Å². The molecule has 0 saturated heterocycles. The number of carbonyl (C=O) groups excluding carboxylic acids is 1. The lowest BCUT2D eigenvalue weighted by Crippen LogP contribution is -2.07. The number of carbonyl (C=O) groups is 1. The third kappa shape index (κ3) is 2.43. The van der Waals surface area contributed by atoms with Crippen LogP contribution in [0.25, 0.3) is 11.1 Å². The number of aldehydes is 1. The van der Waals surface area contributed by atoms with Crippen molar-refractivity contribution in [1.82, 2.24) is 0 Å². The number of hydrogen-bond acceptors (Lipinski definition) is 2. The van der Waals surface area contributed by atoms with Gasteiger partial charge < -0.3 is 4.90 Å². The summed E-state index contributed by atoms with van der Waals surface area (Å²) in [6.45, 7) is 2.03. The van der Waals surface area contributed by atoms with Crippen LogP contribution in [0.1, 0.15) is 15.9 Å². The summed E-state index contributed by atoms with van der Waals surface area (Å²) >= 11 is 0. The first-order valence-electron chi connectivity index (χ1n) is 5.95. The van der Waals surface area contributed by atoms with Crippen LogP contribution in [0, 0.1) is 6.92 Å². The van der Waals surface area contributed by atoms with Crippen molar-refractivity contribution in [3.05, 3.63) is 53.6 Å². The minimum Gasteiger partial charge on any atom is -0.378 e. The first-order chi connectivity index (χ1) is 8.61. The van der Waals surface area contributed by atoms with Gasteiger partial charge in [-0.3, -0.25) is 4.79 Å². The maximum Gasteiger partial charge on any atom is 0.150 e. The Kier molecular flexibility index (Phi) is 3.47. The van der Waals surface area contributed by atoms with E-state index in [-0.39, 0.29) is 0 Å². The summed E-state index contributed by atoms with van der Waals surface area (Å²) in [6, 6.07) is 14.2. The van der Waals surface area contributed by atoms with E-state index in [9.17, 15) is 4.79 Å². The topological polar surface area (TPSA) is 20.3 Å². The fourth-order valence-corrected chi connectivity index (χ4v) is 2.02. The van der Waals surface area contributed by atoms with Crippen LogP contribution in [0.2, 0.25) is 0 Å². The van der Waals surface area contributed by atoms with Crippen molar-refractivity contribution in [2.24, 2.45) is 0 Å². The highest BCUT2D eigenvalue weighted by atomic mass is 16.1. The monoisotopic (exact) mass is 239 g/mol. The van der Waals surface area contributed by atoms with E-state index in [1.165, 1.54) is 16.8 Å². The molecule has 0 bridgehead atoms. The average Bonchev–Trinajstić information content (AvgIpc) is 2.38. The summed E-state index contributed by atoms with van der Waals surface area (Å²) in [5, 5.41) is 0. The summed E-state index contributed by atoms with van der Waals surface area (Å²) in [7, 11) is 4.05. The third-order valence-corrected chi connectivity index (χ3v) is 3.08. The number of aryl methyl sites for hydroxylation is 1. The van der Waals surface area contributed by atoms with Crippen molar-refractivity contribution < 1.29 is 4.79 Å². The molecule has 0 atom stereocenters. The van der Waals surface area contributed by atoms with E-state index in [4.69, 9.17) is 0 Å². The molecule has 0 saturated carbocycles. The van der Waals surface area contributed by atoms with Gasteiger partial charge in [0.1, 0.15) is 6.29 Å². The standard InChI is InChI=1S/C16H17NO/c1-12-10-13(11-18)4-9-16(12)14-5-7-15(8-6-14)17(2)3/h4-11H,1-3H3. The van der Waals surface area contributed by atoms with Crippen LogP contribution in [-0.2, 0) is 0 Å². The zero-order valence-corrected chi connectivity index (χ0v) is 11.0. The van der Waals surface area contributed by atoms with E-state index in [0.29, 0.717) is 0 Å². The maximum absolute atomic E-state index is 10.7. The van der Waals surface area contributed by atoms with Crippen molar-refractivity contribution in [3.63, 3.8) is 0 Å². The fraction of sp³-hybridized carbons (Fsp3) is 0.188. The second kappa shape index (κ2) is 5.05. The van der Waals surface area contributed by atoms with Crippen LogP contribution < -0.4 is 4.90 Å². The molecule has 2 heteroatoms. The number of rotatable bonds is 3. The molecule has 2 aromatic rings. The average molecular weight is 239 g/mol. The van der Waals surface area contributed by atoms with Gasteiger partial charge in [0.25, 0.3) is 0 Å². The molecule has 0 aliphatic heterocycles. The van der Waals surface area contributed by atoms with Gasteiger partial charge in [0.2, 0.25) is 0 Å². The Morgan fingerprint density at radius 1 is 1.00 bits per heavy atom. The van der Waals surface area contributed by atoms with Crippen molar-refractivity contribution in [2.45, 2.75) is 6.92 Å². The molecule has 0 radical (unpaired) electrons. The smallest absolute Gasteiger partial charge is 0.150 e. The van der Waals surface area contributed by atoms with Gasteiger partial charge in [0.15, 0.2) is 0 Å². The highest BCUT2D eigenvalue weighted by Gasteiger charge is 2.03. The van der Waals surface area contributed by atoms with Gasteiger partial charge in [-0.2, -0.15) is 0 Å². The minimum atomic E-state index is 0.723. The molecule has 2 rings (SSSR count). The lowest BCUT2D eigenvalue weighted by atomic mass is 9.98. The first-order valence-corrected chi connectivity index (χ1v) is 5.95. The summed E-state index contributed by atoms with van der Waals surface area (Å²) in [5.41, 5.74) is 5.38. The van der Waals surface area contributed by atoms with Gasteiger partial charge >= 0.3 is 0 Å². The molecule has 0 unspecified atom stereocenters. The first kappa shape index (κ1) is 12.4. The predicted octanol–water partition coefficient (Wildman–Crippen LogP) is 3.54. The summed E-state index contributed by atoms with van der Waals surface area (Å²) < 4.78 is 0. The number of benzene rings is 2. The van der Waals surface area contributed by atoms with E-state index in [1.807, 2.05) is 39.2 Å². The quantitative estimate of drug-likeness (QED) is 0.763. The number of nitrogens with zero attached hydrogens (tertiary/aromatic N) is 1. The fourth-order valence-electron chi connectivity index (χ4n) is 2.02. The predicted molar refractivity (Wildman–Crippen MR) is 76.3 cm³/mol. The maximum atomic E-state index is 10.7. The third-order valence-electron chi connectivity index (χ3n) is 3.08. The van der Waals surface area contributed by atoms with Crippen molar-refractivity contribution in [1.29, 1.82) is 0 Å². The van der Waals surface area contributed by atoms with Crippen LogP contribution in [-0.4, -0.2) is 20.4 Å². The van der Waals surface area contributed by atoms with Crippen molar-refractivity contribution >= 4 is 12.0 Å². The Bertz CT molecular complexity index is 556. The molecular formula is C16H17NO. The molecule has 0 heterocycles. The molecule has 0 aliphatic rings. The van der Waals surface area contributed by atoms with Crippen LogP contribution in [0.5, 0.6) is 0 Å². The Morgan fingerprint density at radius 3 is 2.17 bits per heavy atom. The number of hydrogen-bond donors (Lipinski definition) is 0. The van der Waals surface area contributed by atoms with Gasteiger partial charge in [-0.1, -0.05) is 24.3 Å². The zero-order chi connectivity index (χ0) is 13.1. The van der Waals surface area contributed by atoms with E-state index >= 15 is 0 Å². The van der Waals surface area contributed by atoms with E-state index < -0.39 is 0 Å². The van der Waals surface area contributed by atoms with Crippen LogP contribution >= 0.6 is 0 Å². The minimum absolute atomic E-state index is 0.723. The summed E-state index contributed by atoms with van der Waals surface area (Å²) in [5.74, 6) is 0. The largest absolute Gasteiger partial charge is 0.378 e. The molecule has 0 fully saturated rings. The Morgan fingerprint density at radius 2 is 1.67 bits per heavy atom. The van der Waals surface area contributed by atoms with Gasteiger partial charge in [0.05, 0.1) is 0 Å². The molecule has 0 spiro atoms. The SMILES string of the molecule is Cc1cc(C=O)ccc1-c1ccc(N(C)C)cc1. The molecule has 2 nitrogen and oxygen atoms in total. The van der Waals surface area contributed by atoms with Gasteiger partial charge in [-0.25, -0.2) is 0 Å². The molecule has 18 heavy (non-hydrogen) atoms. The summed E-state index contributed by atoms with van der Waals surface area (Å²) in [4.78, 5) is 12.8. The van der Waals surface area contributed by atoms with Crippen molar-refractivity contribution in [3.8, 4) is 11.1 Å². The highest BCUT2D eigenvalue weighted by molar-refractivity contribution is 5.78. The summed E-state index contributed by atoms with van der Waals surface area (Å²) in [6.07, 6.45) is 0.881. The molecule has 92 valence electrons. The normalized spacial score (nSPS) is 10.2. The molecular weight excluding hydrogens is 222 g/mol. The van der Waals surface area contributed by atoms with Gasteiger partial charge in [0, 0.05) is 25.3 Å². The van der Waals surface area contributed by atoms with E-state index in [0.717, 1.165) is 17.4 Å². The molecule has 0 amide bonds.